The van der Waals surface area contributed by atoms with E-state index in [0.29, 0.717) is 26.1 Å². The molecular formula is C17H28ClNO6S. The van der Waals surface area contributed by atoms with Gasteiger partial charge in [-0.2, -0.15) is 0 Å². The van der Waals surface area contributed by atoms with Gasteiger partial charge in [-0.15, -0.1) is 0 Å². The summed E-state index contributed by atoms with van der Waals surface area (Å²) in [5.41, 5.74) is 3.76. The average Bonchev–Trinajstić information content (AvgIpc) is 2.78. The van der Waals surface area contributed by atoms with Gasteiger partial charge in [0.15, 0.2) is 5.79 Å². The number of hydrogen-bond acceptors (Lipinski definition) is 7. The van der Waals surface area contributed by atoms with Crippen molar-refractivity contribution in [2.75, 3.05) is 19.0 Å². The topological polar surface area (TPSA) is 113 Å². The quantitative estimate of drug-likeness (QED) is 0.544. The molecular weight excluding hydrogens is 382 g/mol. The van der Waals surface area contributed by atoms with E-state index in [1.807, 2.05) is 20.8 Å². The van der Waals surface area contributed by atoms with Crippen molar-refractivity contribution >= 4 is 31.3 Å². The van der Waals surface area contributed by atoms with Crippen molar-refractivity contribution in [3.05, 3.63) is 0 Å². The standard InChI is InChI=1S/C10H13ClO4S.C7H15NO2/c1-9(2)6-3-4-10(9,5-16(11,14)15)8(13)7(6)12;1-6(2)9-4-7(3,8)5-10-6/h6H,3-5H2,1-2H3;4-5,8H2,1-3H3. The zero-order valence-corrected chi connectivity index (χ0v) is 17.5. The van der Waals surface area contributed by atoms with Crippen LogP contribution in [0.25, 0.3) is 0 Å². The molecule has 26 heavy (non-hydrogen) atoms. The molecule has 3 aliphatic rings. The summed E-state index contributed by atoms with van der Waals surface area (Å²) in [4.78, 5) is 23.6. The smallest absolute Gasteiger partial charge is 0.233 e. The van der Waals surface area contributed by atoms with E-state index < -0.39 is 43.0 Å². The van der Waals surface area contributed by atoms with Crippen molar-refractivity contribution in [3.63, 3.8) is 0 Å². The van der Waals surface area contributed by atoms with Gasteiger partial charge < -0.3 is 15.2 Å². The summed E-state index contributed by atoms with van der Waals surface area (Å²) in [6, 6.07) is 0. The summed E-state index contributed by atoms with van der Waals surface area (Å²) < 4.78 is 33.1. The molecule has 9 heteroatoms. The minimum Gasteiger partial charge on any atom is -0.349 e. The Labute approximate surface area is 159 Å². The molecule has 1 heterocycles. The molecule has 2 atom stereocenters. The summed E-state index contributed by atoms with van der Waals surface area (Å²) in [6.07, 6.45) is 1.03. The molecule has 2 aliphatic carbocycles. The normalized spacial score (nSPS) is 34.3. The van der Waals surface area contributed by atoms with Crippen molar-refractivity contribution in [3.8, 4) is 0 Å². The van der Waals surface area contributed by atoms with Crippen LogP contribution >= 0.6 is 10.7 Å². The third-order valence-electron chi connectivity index (χ3n) is 5.86. The Hall–Kier alpha value is -0.540. The summed E-state index contributed by atoms with van der Waals surface area (Å²) in [7, 11) is 1.47. The van der Waals surface area contributed by atoms with Crippen LogP contribution in [-0.4, -0.2) is 50.3 Å². The predicted molar refractivity (Wildman–Crippen MR) is 97.2 cm³/mol. The number of nitrogens with two attached hydrogens (primary N) is 1. The monoisotopic (exact) mass is 409 g/mol. The van der Waals surface area contributed by atoms with Gasteiger partial charge in [0.05, 0.1) is 29.9 Å². The molecule has 0 radical (unpaired) electrons. The lowest BCUT2D eigenvalue weighted by molar-refractivity contribution is -0.264. The number of Topliss-reactive ketones (excluding diaryl/α,β-unsaturated/α-hetero) is 2. The van der Waals surface area contributed by atoms with E-state index >= 15 is 0 Å². The first-order valence-electron chi connectivity index (χ1n) is 8.61. The Morgan fingerprint density at radius 1 is 1.12 bits per heavy atom. The van der Waals surface area contributed by atoms with Crippen LogP contribution in [0.2, 0.25) is 0 Å². The molecule has 0 amide bonds. The number of hydrogen-bond donors (Lipinski definition) is 1. The van der Waals surface area contributed by atoms with Crippen molar-refractivity contribution in [1.29, 1.82) is 0 Å². The van der Waals surface area contributed by atoms with Crippen LogP contribution in [0.4, 0.5) is 0 Å². The molecule has 3 fully saturated rings. The summed E-state index contributed by atoms with van der Waals surface area (Å²) >= 11 is 0. The fourth-order valence-corrected chi connectivity index (χ4v) is 5.84. The number of ether oxygens (including phenoxy) is 2. The third-order valence-corrected chi connectivity index (χ3v) is 7.02. The lowest BCUT2D eigenvalue weighted by Gasteiger charge is -2.39. The predicted octanol–water partition coefficient (Wildman–Crippen LogP) is 1.62. The van der Waals surface area contributed by atoms with Gasteiger partial charge >= 0.3 is 0 Å². The molecule has 2 N–H and O–H groups in total. The summed E-state index contributed by atoms with van der Waals surface area (Å²) in [6.45, 7) is 10.4. The SMILES string of the molecule is CC1(C)C2CCC1(CS(=O)(=O)Cl)C(=O)C2=O.CC1(N)COC(C)(C)OC1. The fourth-order valence-electron chi connectivity index (χ4n) is 4.05. The lowest BCUT2D eigenvalue weighted by atomic mass is 9.70. The van der Waals surface area contributed by atoms with Gasteiger partial charge in [-0.25, -0.2) is 8.42 Å². The first-order valence-corrected chi connectivity index (χ1v) is 11.1. The highest BCUT2D eigenvalue weighted by Crippen LogP contribution is 2.62. The molecule has 2 unspecified atom stereocenters. The molecule has 1 saturated heterocycles. The molecule has 0 aromatic heterocycles. The molecule has 1 aliphatic heterocycles. The van der Waals surface area contributed by atoms with E-state index in [1.54, 1.807) is 13.8 Å². The second-order valence-electron chi connectivity index (χ2n) is 8.90. The maximum atomic E-state index is 11.9. The highest BCUT2D eigenvalue weighted by molar-refractivity contribution is 8.13. The molecule has 0 aromatic rings. The summed E-state index contributed by atoms with van der Waals surface area (Å²) in [5, 5.41) is 0. The zero-order chi connectivity index (χ0) is 20.2. The van der Waals surface area contributed by atoms with Crippen LogP contribution in [0.3, 0.4) is 0 Å². The van der Waals surface area contributed by atoms with Gasteiger partial charge in [0.2, 0.25) is 20.6 Å². The molecule has 0 aromatic carbocycles. The Bertz CT molecular complexity index is 687. The van der Waals surface area contributed by atoms with Gasteiger partial charge in [-0.1, -0.05) is 13.8 Å². The van der Waals surface area contributed by atoms with Crippen molar-refractivity contribution in [2.24, 2.45) is 22.5 Å². The van der Waals surface area contributed by atoms with Crippen LogP contribution in [-0.2, 0) is 28.1 Å². The maximum absolute atomic E-state index is 11.9. The average molecular weight is 410 g/mol. The second-order valence-corrected chi connectivity index (χ2v) is 11.7. The van der Waals surface area contributed by atoms with E-state index in [4.69, 9.17) is 25.9 Å². The van der Waals surface area contributed by atoms with Gasteiger partial charge in [0, 0.05) is 16.6 Å². The number of carbonyl (C=O) groups excluding carboxylic acids is 2. The first kappa shape index (κ1) is 21.8. The first-order chi connectivity index (χ1) is 11.5. The van der Waals surface area contributed by atoms with Crippen LogP contribution in [0, 0.1) is 16.7 Å². The second kappa shape index (κ2) is 6.51. The van der Waals surface area contributed by atoms with Gasteiger partial charge in [0.25, 0.3) is 0 Å². The summed E-state index contributed by atoms with van der Waals surface area (Å²) in [5.74, 6) is -2.16. The van der Waals surface area contributed by atoms with E-state index in [9.17, 15) is 18.0 Å². The van der Waals surface area contributed by atoms with Crippen molar-refractivity contribution < 1.29 is 27.5 Å². The number of fused-ring (bicyclic) bond motifs is 2. The number of carbonyl (C=O) groups is 2. The zero-order valence-electron chi connectivity index (χ0n) is 15.9. The Kier molecular flexibility index (Phi) is 5.45. The third kappa shape index (κ3) is 3.99. The Morgan fingerprint density at radius 3 is 1.96 bits per heavy atom. The highest BCUT2D eigenvalue weighted by Gasteiger charge is 2.69. The van der Waals surface area contributed by atoms with Crippen LogP contribution < -0.4 is 5.73 Å². The van der Waals surface area contributed by atoms with Gasteiger partial charge in [-0.3, -0.25) is 9.59 Å². The van der Waals surface area contributed by atoms with Crippen LogP contribution in [0.15, 0.2) is 0 Å². The molecule has 3 rings (SSSR count). The molecule has 0 spiro atoms. The minimum absolute atomic E-state index is 0.310. The van der Waals surface area contributed by atoms with E-state index in [2.05, 4.69) is 0 Å². The maximum Gasteiger partial charge on any atom is 0.233 e. The number of rotatable bonds is 2. The molecule has 2 bridgehead atoms. The molecule has 2 saturated carbocycles. The highest BCUT2D eigenvalue weighted by atomic mass is 35.7. The van der Waals surface area contributed by atoms with Crippen LogP contribution in [0.1, 0.15) is 47.5 Å². The molecule has 150 valence electrons. The number of ketones is 2. The van der Waals surface area contributed by atoms with Crippen LogP contribution in [0.5, 0.6) is 0 Å². The Balaban J connectivity index is 0.000000209. The largest absolute Gasteiger partial charge is 0.349 e. The van der Waals surface area contributed by atoms with Gasteiger partial charge in [-0.05, 0) is 39.0 Å². The number of halogens is 1. The minimum atomic E-state index is -3.78. The Morgan fingerprint density at radius 2 is 1.62 bits per heavy atom. The lowest BCUT2D eigenvalue weighted by Crippen LogP contribution is -2.54. The van der Waals surface area contributed by atoms with Crippen molar-refractivity contribution in [1.82, 2.24) is 0 Å². The molecule has 7 nitrogen and oxygen atoms in total. The van der Waals surface area contributed by atoms with Gasteiger partial charge in [0.1, 0.15) is 0 Å². The van der Waals surface area contributed by atoms with E-state index in [-0.39, 0.29) is 11.5 Å². The van der Waals surface area contributed by atoms with Crippen molar-refractivity contribution in [2.45, 2.75) is 58.8 Å². The fraction of sp³-hybridized carbons (Fsp3) is 0.882. The van der Waals surface area contributed by atoms with E-state index in [1.165, 1.54) is 0 Å². The van der Waals surface area contributed by atoms with E-state index in [0.717, 1.165) is 0 Å².